The van der Waals surface area contributed by atoms with Crippen LogP contribution in [0.1, 0.15) is 24.0 Å². The second-order valence-corrected chi connectivity index (χ2v) is 7.13. The average Bonchev–Trinajstić information content (AvgIpc) is 2.81. The minimum Gasteiger partial charge on any atom is -0.461 e. The molecule has 162 valence electrons. The molecule has 2 atom stereocenters. The monoisotopic (exact) mass is 424 g/mol. The largest absolute Gasteiger partial charge is 0.461 e. The summed E-state index contributed by atoms with van der Waals surface area (Å²) >= 11 is 0. The summed E-state index contributed by atoms with van der Waals surface area (Å²) in [5, 5.41) is 6.20. The molecule has 1 fully saturated rings. The number of esters is 1. The molecule has 9 heteroatoms. The summed E-state index contributed by atoms with van der Waals surface area (Å²) in [6.07, 6.45) is 0.307. The second kappa shape index (κ2) is 11.1. The molecular formula is C22H24N4O5. The van der Waals surface area contributed by atoms with Crippen LogP contribution in [-0.4, -0.2) is 36.9 Å². The summed E-state index contributed by atoms with van der Waals surface area (Å²) in [4.78, 5) is 27.3. The molecule has 2 aromatic carbocycles. The van der Waals surface area contributed by atoms with Gasteiger partial charge in [0.2, 0.25) is 0 Å². The van der Waals surface area contributed by atoms with E-state index in [1.165, 1.54) is 0 Å². The topological polar surface area (TPSA) is 123 Å². The molecule has 9 nitrogen and oxygen atoms in total. The smallest absolute Gasteiger partial charge is 0.315 e. The first-order valence-corrected chi connectivity index (χ1v) is 9.92. The van der Waals surface area contributed by atoms with Crippen LogP contribution in [0.15, 0.2) is 65.8 Å². The van der Waals surface area contributed by atoms with Crippen LogP contribution in [0.5, 0.6) is 0 Å². The first kappa shape index (κ1) is 22.3. The number of benzene rings is 2. The summed E-state index contributed by atoms with van der Waals surface area (Å²) in [5.41, 5.74) is 9.53. The van der Waals surface area contributed by atoms with Gasteiger partial charge in [0.1, 0.15) is 19.4 Å². The maximum absolute atomic E-state index is 12.4. The van der Waals surface area contributed by atoms with Crippen molar-refractivity contribution >= 4 is 11.9 Å². The van der Waals surface area contributed by atoms with Crippen LogP contribution < -0.4 is 5.32 Å². The fraction of sp³-hybridized carbons (Fsp3) is 0.364. The van der Waals surface area contributed by atoms with Gasteiger partial charge in [0.05, 0.1) is 13.2 Å². The second-order valence-electron chi connectivity index (χ2n) is 7.13. The van der Waals surface area contributed by atoms with Gasteiger partial charge in [-0.25, -0.2) is 0 Å². The molecule has 1 aliphatic heterocycles. The number of hydrogen-bond acceptors (Lipinski definition) is 6. The molecule has 0 saturated carbocycles. The number of azide groups is 1. The van der Waals surface area contributed by atoms with E-state index in [-0.39, 0.29) is 32.1 Å². The molecule has 1 saturated heterocycles. The Morgan fingerprint density at radius 1 is 1.10 bits per heavy atom. The number of nitrogens with zero attached hydrogens (tertiary/aromatic N) is 3. The predicted molar refractivity (Wildman–Crippen MR) is 111 cm³/mol. The van der Waals surface area contributed by atoms with E-state index in [4.69, 9.17) is 19.7 Å². The molecule has 0 unspecified atom stereocenters. The van der Waals surface area contributed by atoms with Gasteiger partial charge in [-0.15, -0.1) is 0 Å². The predicted octanol–water partition coefficient (Wildman–Crippen LogP) is 3.25. The first-order valence-electron chi connectivity index (χ1n) is 9.92. The molecule has 0 spiro atoms. The average molecular weight is 424 g/mol. The third-order valence-corrected chi connectivity index (χ3v) is 4.99. The molecule has 1 heterocycles. The van der Waals surface area contributed by atoms with E-state index in [0.717, 1.165) is 11.1 Å². The molecule has 0 radical (unpaired) electrons. The van der Waals surface area contributed by atoms with Crippen molar-refractivity contribution in [1.82, 2.24) is 5.32 Å². The normalized spacial score (nSPS) is 18.3. The number of β-lactam (4-membered cyclic amide) rings is 1. The van der Waals surface area contributed by atoms with Gasteiger partial charge in [-0.1, -0.05) is 65.8 Å². The highest BCUT2D eigenvalue weighted by Crippen LogP contribution is 2.26. The minimum absolute atomic E-state index is 0.0760. The standard InChI is InChI=1S/C22H24N4O5/c23-26-25-19(20(27)30-14-18-9-5-2-6-10-18)11-12-22(15-24-21(22)28)31-16-29-13-17-7-3-1-4-8-17/h1-10,19H,11-16H2,(H,24,28)/t19-,22-/m0/s1. The number of hydrogen-bond donors (Lipinski definition) is 1. The minimum atomic E-state index is -1.11. The van der Waals surface area contributed by atoms with Crippen LogP contribution in [0.2, 0.25) is 0 Å². The SMILES string of the molecule is [N-]=[N+]=N[C@@H](CC[C@]1(OCOCc2ccccc2)CNC1=O)C(=O)OCc1ccccc1. The molecule has 31 heavy (non-hydrogen) atoms. The first-order chi connectivity index (χ1) is 15.1. The van der Waals surface area contributed by atoms with Crippen LogP contribution in [-0.2, 0) is 37.0 Å². The van der Waals surface area contributed by atoms with E-state index in [0.29, 0.717) is 13.2 Å². The lowest BCUT2D eigenvalue weighted by molar-refractivity contribution is -0.189. The lowest BCUT2D eigenvalue weighted by Gasteiger charge is -2.40. The molecule has 1 N–H and O–H groups in total. The molecule has 1 amide bonds. The number of carbonyl (C=O) groups is 2. The van der Waals surface area contributed by atoms with Crippen molar-refractivity contribution in [1.29, 1.82) is 0 Å². The Bertz CT molecular complexity index is 918. The van der Waals surface area contributed by atoms with Crippen LogP contribution in [0, 0.1) is 0 Å². The molecule has 3 rings (SSSR count). The van der Waals surface area contributed by atoms with Gasteiger partial charge >= 0.3 is 5.97 Å². The number of rotatable bonds is 12. The lowest BCUT2D eigenvalue weighted by Crippen LogP contribution is -2.66. The van der Waals surface area contributed by atoms with E-state index in [2.05, 4.69) is 15.3 Å². The fourth-order valence-corrected chi connectivity index (χ4v) is 3.12. The molecule has 0 aromatic heterocycles. The summed E-state index contributed by atoms with van der Waals surface area (Å²) in [6.45, 7) is 0.647. The van der Waals surface area contributed by atoms with Gasteiger partial charge in [0.15, 0.2) is 5.60 Å². The summed E-state index contributed by atoms with van der Waals surface area (Å²) in [5.74, 6) is -0.926. The maximum atomic E-state index is 12.4. The number of carbonyl (C=O) groups excluding carboxylic acids is 2. The third kappa shape index (κ3) is 6.29. The highest BCUT2D eigenvalue weighted by atomic mass is 16.7. The fourth-order valence-electron chi connectivity index (χ4n) is 3.12. The Balaban J connectivity index is 1.49. The number of ether oxygens (including phenoxy) is 3. The maximum Gasteiger partial charge on any atom is 0.315 e. The zero-order valence-electron chi connectivity index (χ0n) is 17.0. The zero-order valence-corrected chi connectivity index (χ0v) is 17.0. The van der Waals surface area contributed by atoms with E-state index in [1.54, 1.807) is 0 Å². The van der Waals surface area contributed by atoms with Crippen molar-refractivity contribution in [2.24, 2.45) is 5.11 Å². The lowest BCUT2D eigenvalue weighted by atomic mass is 9.88. The quantitative estimate of drug-likeness (QED) is 0.107. The summed E-state index contributed by atoms with van der Waals surface area (Å²) in [6, 6.07) is 17.7. The van der Waals surface area contributed by atoms with Gasteiger partial charge in [-0.2, -0.15) is 0 Å². The van der Waals surface area contributed by atoms with Gasteiger partial charge < -0.3 is 19.5 Å². The highest BCUT2D eigenvalue weighted by Gasteiger charge is 2.48. The van der Waals surface area contributed by atoms with Crippen molar-refractivity contribution in [3.63, 3.8) is 0 Å². The van der Waals surface area contributed by atoms with Crippen LogP contribution in [0.3, 0.4) is 0 Å². The third-order valence-electron chi connectivity index (χ3n) is 4.99. The Kier molecular flexibility index (Phi) is 8.00. The van der Waals surface area contributed by atoms with Gasteiger partial charge in [-0.3, -0.25) is 9.59 Å². The van der Waals surface area contributed by atoms with Crippen molar-refractivity contribution in [2.75, 3.05) is 13.3 Å². The molecule has 0 bridgehead atoms. The zero-order chi connectivity index (χ0) is 21.9. The Hall–Kier alpha value is -3.39. The van der Waals surface area contributed by atoms with Crippen molar-refractivity contribution in [3.8, 4) is 0 Å². The van der Waals surface area contributed by atoms with Crippen molar-refractivity contribution < 1.29 is 23.8 Å². The van der Waals surface area contributed by atoms with Gasteiger partial charge in [0, 0.05) is 4.91 Å². The number of nitrogens with one attached hydrogen (secondary N) is 1. The molecule has 0 aliphatic carbocycles. The molecule has 1 aliphatic rings. The van der Waals surface area contributed by atoms with E-state index < -0.39 is 17.6 Å². The Labute approximate surface area is 179 Å². The molecule has 2 aromatic rings. The Morgan fingerprint density at radius 2 is 1.74 bits per heavy atom. The van der Waals surface area contributed by atoms with Crippen molar-refractivity contribution in [2.45, 2.75) is 37.7 Å². The van der Waals surface area contributed by atoms with Crippen molar-refractivity contribution in [3.05, 3.63) is 82.2 Å². The highest BCUT2D eigenvalue weighted by molar-refractivity contribution is 5.91. The molecular weight excluding hydrogens is 400 g/mol. The Morgan fingerprint density at radius 3 is 2.29 bits per heavy atom. The van der Waals surface area contributed by atoms with Crippen LogP contribution >= 0.6 is 0 Å². The van der Waals surface area contributed by atoms with Crippen LogP contribution in [0.4, 0.5) is 0 Å². The summed E-state index contributed by atoms with van der Waals surface area (Å²) in [7, 11) is 0. The van der Waals surface area contributed by atoms with E-state index in [1.807, 2.05) is 60.7 Å². The van der Waals surface area contributed by atoms with Crippen LogP contribution in [0.25, 0.3) is 10.4 Å². The van der Waals surface area contributed by atoms with Gasteiger partial charge in [-0.05, 0) is 29.5 Å². The van der Waals surface area contributed by atoms with E-state index >= 15 is 0 Å². The number of amides is 1. The summed E-state index contributed by atoms with van der Waals surface area (Å²) < 4.78 is 16.5. The van der Waals surface area contributed by atoms with E-state index in [9.17, 15) is 9.59 Å². The van der Waals surface area contributed by atoms with Gasteiger partial charge in [0.25, 0.3) is 5.91 Å².